The SMILES string of the molecule is CCc1ccccc1NC(=O)NCCOc1cccc(F)c1. The molecule has 0 fully saturated rings. The molecule has 4 nitrogen and oxygen atoms in total. The van der Waals surface area contributed by atoms with Crippen molar-refractivity contribution in [2.45, 2.75) is 13.3 Å². The van der Waals surface area contributed by atoms with E-state index in [9.17, 15) is 9.18 Å². The number of carbonyl (C=O) groups is 1. The maximum atomic E-state index is 13.0. The summed E-state index contributed by atoms with van der Waals surface area (Å²) in [6.45, 7) is 2.63. The molecule has 5 heteroatoms. The Labute approximate surface area is 129 Å². The minimum atomic E-state index is -0.348. The Morgan fingerprint density at radius 1 is 1.18 bits per heavy atom. The average molecular weight is 302 g/mol. The lowest BCUT2D eigenvalue weighted by molar-refractivity contribution is 0.247. The molecule has 0 saturated heterocycles. The third kappa shape index (κ3) is 4.77. The highest BCUT2D eigenvalue weighted by Gasteiger charge is 2.04. The minimum Gasteiger partial charge on any atom is -0.492 e. The van der Waals surface area contributed by atoms with Gasteiger partial charge in [0, 0.05) is 11.8 Å². The quantitative estimate of drug-likeness (QED) is 0.801. The van der Waals surface area contributed by atoms with Gasteiger partial charge in [0.25, 0.3) is 0 Å². The molecular weight excluding hydrogens is 283 g/mol. The van der Waals surface area contributed by atoms with Crippen LogP contribution in [0, 0.1) is 5.82 Å². The molecule has 116 valence electrons. The number of nitrogens with one attached hydrogen (secondary N) is 2. The second-order valence-corrected chi connectivity index (χ2v) is 4.70. The highest BCUT2D eigenvalue weighted by Crippen LogP contribution is 2.15. The van der Waals surface area contributed by atoms with Crippen LogP contribution in [0.5, 0.6) is 5.75 Å². The summed E-state index contributed by atoms with van der Waals surface area (Å²) in [5.41, 5.74) is 1.88. The molecule has 0 radical (unpaired) electrons. The van der Waals surface area contributed by atoms with Gasteiger partial charge in [-0.05, 0) is 30.2 Å². The van der Waals surface area contributed by atoms with E-state index >= 15 is 0 Å². The summed E-state index contributed by atoms with van der Waals surface area (Å²) in [6.07, 6.45) is 0.846. The summed E-state index contributed by atoms with van der Waals surface area (Å²) >= 11 is 0. The van der Waals surface area contributed by atoms with Gasteiger partial charge >= 0.3 is 6.03 Å². The Hall–Kier alpha value is -2.56. The van der Waals surface area contributed by atoms with E-state index in [-0.39, 0.29) is 18.5 Å². The van der Waals surface area contributed by atoms with Crippen molar-refractivity contribution in [3.8, 4) is 5.75 Å². The summed E-state index contributed by atoms with van der Waals surface area (Å²) in [5.74, 6) is 0.0953. The lowest BCUT2D eigenvalue weighted by Crippen LogP contribution is -2.32. The van der Waals surface area contributed by atoms with Crippen molar-refractivity contribution < 1.29 is 13.9 Å². The van der Waals surface area contributed by atoms with Gasteiger partial charge in [-0.25, -0.2) is 9.18 Å². The molecule has 0 heterocycles. The fraction of sp³-hybridized carbons (Fsp3) is 0.235. The molecule has 0 aliphatic heterocycles. The van der Waals surface area contributed by atoms with Crippen LogP contribution in [0.15, 0.2) is 48.5 Å². The normalized spacial score (nSPS) is 10.1. The predicted octanol–water partition coefficient (Wildman–Crippen LogP) is 3.59. The zero-order valence-corrected chi connectivity index (χ0v) is 12.4. The van der Waals surface area contributed by atoms with E-state index in [4.69, 9.17) is 4.74 Å². The number of aryl methyl sites for hydroxylation is 1. The van der Waals surface area contributed by atoms with Crippen molar-refractivity contribution in [2.75, 3.05) is 18.5 Å². The molecule has 2 amide bonds. The number of hydrogen-bond acceptors (Lipinski definition) is 2. The molecule has 0 unspecified atom stereocenters. The number of hydrogen-bond donors (Lipinski definition) is 2. The number of carbonyl (C=O) groups excluding carboxylic acids is 1. The Morgan fingerprint density at radius 3 is 2.77 bits per heavy atom. The number of amides is 2. The number of rotatable bonds is 6. The van der Waals surface area contributed by atoms with Crippen LogP contribution in [0.25, 0.3) is 0 Å². The standard InChI is InChI=1S/C17H19FN2O2/c1-2-13-6-3-4-9-16(13)20-17(21)19-10-11-22-15-8-5-7-14(18)12-15/h3-9,12H,2,10-11H2,1H3,(H2,19,20,21). The van der Waals surface area contributed by atoms with E-state index in [1.807, 2.05) is 31.2 Å². The number of urea groups is 1. The van der Waals surface area contributed by atoms with E-state index in [2.05, 4.69) is 10.6 Å². The predicted molar refractivity (Wildman–Crippen MR) is 84.7 cm³/mol. The maximum absolute atomic E-state index is 13.0. The summed E-state index contributed by atoms with van der Waals surface area (Å²) in [7, 11) is 0. The molecule has 0 aliphatic rings. The lowest BCUT2D eigenvalue weighted by Gasteiger charge is -2.11. The second kappa shape index (κ2) is 8.02. The van der Waals surface area contributed by atoms with Crippen molar-refractivity contribution in [3.63, 3.8) is 0 Å². The molecule has 2 aromatic rings. The van der Waals surface area contributed by atoms with Crippen LogP contribution < -0.4 is 15.4 Å². The van der Waals surface area contributed by atoms with Gasteiger partial charge in [0.1, 0.15) is 18.2 Å². The number of anilines is 1. The van der Waals surface area contributed by atoms with E-state index in [1.165, 1.54) is 12.1 Å². The first-order valence-corrected chi connectivity index (χ1v) is 7.20. The monoisotopic (exact) mass is 302 g/mol. The third-order valence-electron chi connectivity index (χ3n) is 3.10. The highest BCUT2D eigenvalue weighted by molar-refractivity contribution is 5.90. The van der Waals surface area contributed by atoms with Gasteiger partial charge in [-0.15, -0.1) is 0 Å². The zero-order valence-electron chi connectivity index (χ0n) is 12.4. The largest absolute Gasteiger partial charge is 0.492 e. The highest BCUT2D eigenvalue weighted by atomic mass is 19.1. The van der Waals surface area contributed by atoms with E-state index in [1.54, 1.807) is 12.1 Å². The van der Waals surface area contributed by atoms with Gasteiger partial charge in [-0.3, -0.25) is 0 Å². The summed E-state index contributed by atoms with van der Waals surface area (Å²) < 4.78 is 18.3. The first kappa shape index (κ1) is 15.8. The summed E-state index contributed by atoms with van der Waals surface area (Å²) in [5, 5.41) is 5.50. The molecule has 22 heavy (non-hydrogen) atoms. The maximum Gasteiger partial charge on any atom is 0.319 e. The first-order valence-electron chi connectivity index (χ1n) is 7.20. The van der Waals surface area contributed by atoms with Crippen molar-refractivity contribution in [3.05, 3.63) is 59.9 Å². The molecule has 2 N–H and O–H groups in total. The molecule has 2 rings (SSSR count). The molecule has 0 aliphatic carbocycles. The van der Waals surface area contributed by atoms with E-state index in [0.29, 0.717) is 12.3 Å². The van der Waals surface area contributed by atoms with Crippen LogP contribution in [0.4, 0.5) is 14.9 Å². The molecule has 2 aromatic carbocycles. The van der Waals surface area contributed by atoms with Crippen LogP contribution in [-0.4, -0.2) is 19.2 Å². The number of halogens is 1. The second-order valence-electron chi connectivity index (χ2n) is 4.70. The average Bonchev–Trinajstić information content (AvgIpc) is 2.52. The smallest absolute Gasteiger partial charge is 0.319 e. The number of ether oxygens (including phenoxy) is 1. The number of benzene rings is 2. The molecular formula is C17H19FN2O2. The van der Waals surface area contributed by atoms with Crippen LogP contribution in [0.3, 0.4) is 0 Å². The van der Waals surface area contributed by atoms with Gasteiger partial charge in [-0.1, -0.05) is 31.2 Å². The Bertz CT molecular complexity index is 632. The van der Waals surface area contributed by atoms with Gasteiger partial charge in [0.05, 0.1) is 6.54 Å². The molecule has 0 atom stereocenters. The summed E-state index contributed by atoms with van der Waals surface area (Å²) in [6, 6.07) is 13.3. The van der Waals surface area contributed by atoms with Crippen LogP contribution in [0.2, 0.25) is 0 Å². The molecule has 0 bridgehead atoms. The van der Waals surface area contributed by atoms with Crippen LogP contribution in [0.1, 0.15) is 12.5 Å². The minimum absolute atomic E-state index is 0.270. The van der Waals surface area contributed by atoms with Crippen molar-refractivity contribution in [1.29, 1.82) is 0 Å². The summed E-state index contributed by atoms with van der Waals surface area (Å²) in [4.78, 5) is 11.8. The van der Waals surface area contributed by atoms with E-state index < -0.39 is 0 Å². The van der Waals surface area contributed by atoms with Crippen molar-refractivity contribution in [2.24, 2.45) is 0 Å². The van der Waals surface area contributed by atoms with E-state index in [0.717, 1.165) is 17.7 Å². The van der Waals surface area contributed by atoms with Gasteiger partial charge in [0.15, 0.2) is 0 Å². The topological polar surface area (TPSA) is 50.4 Å². The van der Waals surface area contributed by atoms with Crippen molar-refractivity contribution in [1.82, 2.24) is 5.32 Å². The first-order chi connectivity index (χ1) is 10.7. The number of para-hydroxylation sites is 1. The fourth-order valence-corrected chi connectivity index (χ4v) is 2.01. The van der Waals surface area contributed by atoms with Gasteiger partial charge in [0.2, 0.25) is 0 Å². The molecule has 0 spiro atoms. The zero-order chi connectivity index (χ0) is 15.8. The Morgan fingerprint density at radius 2 is 2.00 bits per heavy atom. The fourth-order valence-electron chi connectivity index (χ4n) is 2.01. The lowest BCUT2D eigenvalue weighted by atomic mass is 10.1. The third-order valence-corrected chi connectivity index (χ3v) is 3.10. The van der Waals surface area contributed by atoms with Gasteiger partial charge < -0.3 is 15.4 Å². The Kier molecular flexibility index (Phi) is 5.77. The van der Waals surface area contributed by atoms with Crippen LogP contribution in [-0.2, 0) is 6.42 Å². The molecule has 0 aromatic heterocycles. The van der Waals surface area contributed by atoms with Gasteiger partial charge in [-0.2, -0.15) is 0 Å². The Balaban J connectivity index is 1.74. The van der Waals surface area contributed by atoms with Crippen LogP contribution >= 0.6 is 0 Å². The molecule has 0 saturated carbocycles. The van der Waals surface area contributed by atoms with Crippen molar-refractivity contribution >= 4 is 11.7 Å².